The fourth-order valence-electron chi connectivity index (χ4n) is 2.96. The molecule has 0 saturated heterocycles. The molecule has 4 heteroatoms. The molecule has 3 aromatic rings. The SMILES string of the molecule is Cc1cccc(C)c1NC(=O)CNCCc1c[nH]c2ccccc12. The minimum atomic E-state index is -0.00803. The first kappa shape index (κ1) is 16.3. The van der Waals surface area contributed by atoms with Crippen molar-refractivity contribution in [3.63, 3.8) is 0 Å². The van der Waals surface area contributed by atoms with Crippen LogP contribution in [0.1, 0.15) is 16.7 Å². The number of aryl methyl sites for hydroxylation is 2. The molecule has 4 nitrogen and oxygen atoms in total. The van der Waals surface area contributed by atoms with Gasteiger partial charge >= 0.3 is 0 Å². The highest BCUT2D eigenvalue weighted by atomic mass is 16.1. The Kier molecular flexibility index (Phi) is 4.96. The largest absolute Gasteiger partial charge is 0.361 e. The van der Waals surface area contributed by atoms with Crippen molar-refractivity contribution >= 4 is 22.5 Å². The van der Waals surface area contributed by atoms with Crippen LogP contribution in [0.2, 0.25) is 0 Å². The summed E-state index contributed by atoms with van der Waals surface area (Å²) in [7, 11) is 0. The maximum Gasteiger partial charge on any atom is 0.238 e. The number of hydrogen-bond donors (Lipinski definition) is 3. The molecule has 0 radical (unpaired) electrons. The monoisotopic (exact) mass is 321 g/mol. The third-order valence-electron chi connectivity index (χ3n) is 4.28. The van der Waals surface area contributed by atoms with Crippen LogP contribution in [-0.4, -0.2) is 24.0 Å². The first-order valence-corrected chi connectivity index (χ1v) is 8.27. The van der Waals surface area contributed by atoms with Crippen molar-refractivity contribution in [3.05, 3.63) is 65.4 Å². The lowest BCUT2D eigenvalue weighted by molar-refractivity contribution is -0.115. The summed E-state index contributed by atoms with van der Waals surface area (Å²) in [5.74, 6) is -0.00803. The highest BCUT2D eigenvalue weighted by molar-refractivity contribution is 5.93. The molecule has 0 aliphatic carbocycles. The van der Waals surface area contributed by atoms with Crippen LogP contribution < -0.4 is 10.6 Å². The Balaban J connectivity index is 1.49. The van der Waals surface area contributed by atoms with E-state index in [0.717, 1.165) is 35.3 Å². The van der Waals surface area contributed by atoms with E-state index in [4.69, 9.17) is 0 Å². The minimum Gasteiger partial charge on any atom is -0.361 e. The lowest BCUT2D eigenvalue weighted by Gasteiger charge is -2.11. The molecule has 0 spiro atoms. The highest BCUT2D eigenvalue weighted by Gasteiger charge is 2.07. The van der Waals surface area contributed by atoms with Gasteiger partial charge in [-0.05, 0) is 49.6 Å². The van der Waals surface area contributed by atoms with Gasteiger partial charge in [-0.3, -0.25) is 4.79 Å². The van der Waals surface area contributed by atoms with Gasteiger partial charge in [-0.1, -0.05) is 36.4 Å². The number of H-pyrrole nitrogens is 1. The molecule has 124 valence electrons. The smallest absolute Gasteiger partial charge is 0.238 e. The Hall–Kier alpha value is -2.59. The summed E-state index contributed by atoms with van der Waals surface area (Å²) in [4.78, 5) is 15.4. The first-order chi connectivity index (χ1) is 11.6. The maximum absolute atomic E-state index is 12.1. The Morgan fingerprint density at radius 1 is 1.04 bits per heavy atom. The Bertz CT molecular complexity index is 831. The summed E-state index contributed by atoms with van der Waals surface area (Å²) in [5, 5.41) is 7.46. The molecule has 1 heterocycles. The van der Waals surface area contributed by atoms with Crippen molar-refractivity contribution in [2.24, 2.45) is 0 Å². The number of aromatic amines is 1. The molecule has 0 aliphatic heterocycles. The van der Waals surface area contributed by atoms with Crippen LogP contribution in [0.3, 0.4) is 0 Å². The van der Waals surface area contributed by atoms with E-state index in [1.165, 1.54) is 10.9 Å². The molecule has 0 saturated carbocycles. The quantitative estimate of drug-likeness (QED) is 0.608. The van der Waals surface area contributed by atoms with Crippen LogP contribution in [0.25, 0.3) is 10.9 Å². The van der Waals surface area contributed by atoms with Crippen molar-refractivity contribution in [3.8, 4) is 0 Å². The summed E-state index contributed by atoms with van der Waals surface area (Å²) >= 11 is 0. The van der Waals surface area contributed by atoms with E-state index in [0.29, 0.717) is 6.54 Å². The van der Waals surface area contributed by atoms with E-state index in [2.05, 4.69) is 27.8 Å². The van der Waals surface area contributed by atoms with Crippen LogP contribution in [-0.2, 0) is 11.2 Å². The van der Waals surface area contributed by atoms with Crippen molar-refractivity contribution in [1.29, 1.82) is 0 Å². The predicted molar refractivity (Wildman–Crippen MR) is 99.4 cm³/mol. The van der Waals surface area contributed by atoms with Crippen LogP contribution in [0.15, 0.2) is 48.7 Å². The number of carbonyl (C=O) groups is 1. The fourth-order valence-corrected chi connectivity index (χ4v) is 2.96. The van der Waals surface area contributed by atoms with Crippen molar-refractivity contribution in [1.82, 2.24) is 10.3 Å². The number of fused-ring (bicyclic) bond motifs is 1. The highest BCUT2D eigenvalue weighted by Crippen LogP contribution is 2.19. The standard InChI is InChI=1S/C20H23N3O/c1-14-6-5-7-15(2)20(14)23-19(24)13-21-11-10-16-12-22-18-9-4-3-8-17(16)18/h3-9,12,21-22H,10-11,13H2,1-2H3,(H,23,24). The van der Waals surface area contributed by atoms with Crippen molar-refractivity contribution in [2.45, 2.75) is 20.3 Å². The van der Waals surface area contributed by atoms with E-state index >= 15 is 0 Å². The average Bonchev–Trinajstić information content (AvgIpc) is 2.98. The van der Waals surface area contributed by atoms with Crippen LogP contribution in [0.4, 0.5) is 5.69 Å². The molecule has 0 atom stereocenters. The van der Waals surface area contributed by atoms with Crippen LogP contribution in [0, 0.1) is 13.8 Å². The number of rotatable bonds is 6. The van der Waals surface area contributed by atoms with E-state index in [1.54, 1.807) is 0 Å². The molecule has 3 rings (SSSR count). The molecular formula is C20H23N3O. The van der Waals surface area contributed by atoms with Gasteiger partial charge in [-0.25, -0.2) is 0 Å². The van der Waals surface area contributed by atoms with Gasteiger partial charge in [-0.2, -0.15) is 0 Å². The van der Waals surface area contributed by atoms with Gasteiger partial charge < -0.3 is 15.6 Å². The molecule has 0 unspecified atom stereocenters. The van der Waals surface area contributed by atoms with Crippen LogP contribution in [0.5, 0.6) is 0 Å². The second kappa shape index (κ2) is 7.32. The number of para-hydroxylation sites is 2. The zero-order valence-electron chi connectivity index (χ0n) is 14.1. The summed E-state index contributed by atoms with van der Waals surface area (Å²) in [6, 6.07) is 14.3. The van der Waals surface area contributed by atoms with Gasteiger partial charge in [0.15, 0.2) is 0 Å². The van der Waals surface area contributed by atoms with Crippen molar-refractivity contribution in [2.75, 3.05) is 18.4 Å². The van der Waals surface area contributed by atoms with Crippen LogP contribution >= 0.6 is 0 Å². The molecular weight excluding hydrogens is 298 g/mol. The molecule has 0 fully saturated rings. The average molecular weight is 321 g/mol. The molecule has 1 amide bonds. The van der Waals surface area contributed by atoms with Gasteiger partial charge in [0.1, 0.15) is 0 Å². The fraction of sp³-hybridized carbons (Fsp3) is 0.250. The van der Waals surface area contributed by atoms with Gasteiger partial charge in [0, 0.05) is 22.8 Å². The lowest BCUT2D eigenvalue weighted by atomic mass is 10.1. The van der Waals surface area contributed by atoms with Gasteiger partial charge in [0.25, 0.3) is 0 Å². The Morgan fingerprint density at radius 2 is 1.79 bits per heavy atom. The second-order valence-corrected chi connectivity index (χ2v) is 6.10. The number of carbonyl (C=O) groups excluding carboxylic acids is 1. The molecule has 24 heavy (non-hydrogen) atoms. The molecule has 0 aliphatic rings. The third-order valence-corrected chi connectivity index (χ3v) is 4.28. The zero-order chi connectivity index (χ0) is 16.9. The normalized spacial score (nSPS) is 10.9. The zero-order valence-corrected chi connectivity index (χ0v) is 14.1. The molecule has 1 aromatic heterocycles. The topological polar surface area (TPSA) is 56.9 Å². The van der Waals surface area contributed by atoms with E-state index in [1.807, 2.05) is 50.4 Å². The Labute approximate surface area is 142 Å². The first-order valence-electron chi connectivity index (χ1n) is 8.27. The number of nitrogens with one attached hydrogen (secondary N) is 3. The lowest BCUT2D eigenvalue weighted by Crippen LogP contribution is -2.29. The number of aromatic nitrogens is 1. The second-order valence-electron chi connectivity index (χ2n) is 6.10. The summed E-state index contributed by atoms with van der Waals surface area (Å²) < 4.78 is 0. The van der Waals surface area contributed by atoms with Gasteiger partial charge in [0.05, 0.1) is 6.54 Å². The molecule has 0 bridgehead atoms. The summed E-state index contributed by atoms with van der Waals surface area (Å²) in [6.07, 6.45) is 2.93. The number of benzene rings is 2. The molecule has 3 N–H and O–H groups in total. The van der Waals surface area contributed by atoms with Crippen molar-refractivity contribution < 1.29 is 4.79 Å². The summed E-state index contributed by atoms with van der Waals surface area (Å²) in [6.45, 7) is 5.10. The number of amides is 1. The minimum absolute atomic E-state index is 0.00803. The van der Waals surface area contributed by atoms with E-state index in [9.17, 15) is 4.79 Å². The Morgan fingerprint density at radius 3 is 2.58 bits per heavy atom. The van der Waals surface area contributed by atoms with E-state index in [-0.39, 0.29) is 5.91 Å². The van der Waals surface area contributed by atoms with Gasteiger partial charge in [0.2, 0.25) is 5.91 Å². The predicted octanol–water partition coefficient (Wildman–Crippen LogP) is 3.56. The maximum atomic E-state index is 12.1. The van der Waals surface area contributed by atoms with Gasteiger partial charge in [-0.15, -0.1) is 0 Å². The number of anilines is 1. The number of hydrogen-bond acceptors (Lipinski definition) is 2. The summed E-state index contributed by atoms with van der Waals surface area (Å²) in [5.41, 5.74) is 5.51. The molecule has 2 aromatic carbocycles. The van der Waals surface area contributed by atoms with E-state index < -0.39 is 0 Å². The third kappa shape index (κ3) is 3.66.